The molecular weight excluding hydrogens is 937 g/mol. The third-order valence-corrected chi connectivity index (χ3v) is 10.1. The first-order valence-corrected chi connectivity index (χ1v) is 17.9. The number of pyridine rings is 1. The minimum atomic E-state index is -7.22. The van der Waals surface area contributed by atoms with Gasteiger partial charge < -0.3 is 0 Å². The number of halogens is 20. The number of benzene rings is 6. The van der Waals surface area contributed by atoms with Crippen molar-refractivity contribution in [1.82, 2.24) is 0 Å². The number of hydrogen-bond donors (Lipinski definition) is 0. The van der Waals surface area contributed by atoms with Crippen molar-refractivity contribution in [2.45, 2.75) is 6.54 Å². The third-order valence-electron chi connectivity index (χ3n) is 10.1. The Hall–Kier alpha value is -7.20. The average Bonchev–Trinajstić information content (AvgIpc) is 3.32. The van der Waals surface area contributed by atoms with Gasteiger partial charge in [-0.3, -0.25) is 4.79 Å². The van der Waals surface area contributed by atoms with Crippen LogP contribution in [-0.2, 0) is 6.54 Å². The van der Waals surface area contributed by atoms with Crippen LogP contribution in [0.4, 0.5) is 87.8 Å². The second kappa shape index (κ2) is 18.4. The minimum Gasteiger partial charge on any atom is -0.289 e. The summed E-state index contributed by atoms with van der Waals surface area (Å²) < 4.78 is 296. The molecule has 0 radical (unpaired) electrons. The summed E-state index contributed by atoms with van der Waals surface area (Å²) in [6, 6.07) is 23.2. The molecule has 23 heteroatoms. The van der Waals surface area contributed by atoms with Crippen molar-refractivity contribution in [1.29, 1.82) is 0 Å². The summed E-state index contributed by atoms with van der Waals surface area (Å²) in [5.74, 6) is -71.3. The summed E-state index contributed by atoms with van der Waals surface area (Å²) >= 11 is 0. The van der Waals surface area contributed by atoms with Crippen LogP contribution in [0.5, 0.6) is 0 Å². The summed E-state index contributed by atoms with van der Waals surface area (Å²) in [7, 11) is 0. The van der Waals surface area contributed by atoms with Gasteiger partial charge in [0, 0.05) is 28.8 Å². The van der Waals surface area contributed by atoms with Gasteiger partial charge in [0.15, 0.2) is 94.5 Å². The van der Waals surface area contributed by atoms with Gasteiger partial charge in [0.05, 0.1) is 0 Å². The summed E-state index contributed by atoms with van der Waals surface area (Å²) in [5, 5.41) is 0. The fourth-order valence-electron chi connectivity index (χ4n) is 7.14. The van der Waals surface area contributed by atoms with Crippen molar-refractivity contribution < 1.29 is 97.2 Å². The lowest BCUT2D eigenvalue weighted by molar-refractivity contribution is -0.688. The number of carbonyl (C=O) groups excluding carboxylic acids is 1. The van der Waals surface area contributed by atoms with E-state index >= 15 is 35.1 Å². The van der Waals surface area contributed by atoms with Crippen LogP contribution in [0, 0.1) is 116 Å². The fraction of sp³-hybridized carbons (Fsp3) is 0.0233. The SMILES string of the molecule is Fc1c(F)c(F)c([B-](c2c(F)c(F)c(F)c(F)c2F)(c2c(F)c(F)c(F)c(F)c2F)c2c(F)c(F)c(F)c(F)c2F)c(F)c1F.O=C(c1ccccc1)c1ccc(C[n+]2ccccc2)cc1. The molecule has 0 aliphatic heterocycles. The van der Waals surface area contributed by atoms with Gasteiger partial charge in [0.2, 0.25) is 0 Å². The summed E-state index contributed by atoms with van der Waals surface area (Å²) in [6.45, 7) is 0.806. The Balaban J connectivity index is 0.000000284. The molecule has 0 aliphatic rings. The molecule has 0 saturated heterocycles. The molecule has 0 N–H and O–H groups in total. The predicted octanol–water partition coefficient (Wildman–Crippen LogP) is 9.10. The molecule has 1 aromatic heterocycles. The van der Waals surface area contributed by atoms with Gasteiger partial charge in [-0.2, -0.15) is 0 Å². The van der Waals surface area contributed by atoms with Gasteiger partial charge in [-0.05, 0) is 0 Å². The van der Waals surface area contributed by atoms with E-state index in [1.165, 1.54) is 5.56 Å². The second-order valence-electron chi connectivity index (χ2n) is 13.7. The Bertz CT molecular complexity index is 2680. The van der Waals surface area contributed by atoms with Crippen LogP contribution in [0.25, 0.3) is 0 Å². The van der Waals surface area contributed by atoms with Gasteiger partial charge in [0.1, 0.15) is 52.7 Å². The highest BCUT2D eigenvalue weighted by atomic mass is 19.2. The van der Waals surface area contributed by atoms with Crippen LogP contribution >= 0.6 is 0 Å². The van der Waals surface area contributed by atoms with Crippen LogP contribution in [0.3, 0.4) is 0 Å². The van der Waals surface area contributed by atoms with E-state index in [9.17, 15) is 57.5 Å². The molecule has 0 saturated carbocycles. The quantitative estimate of drug-likeness (QED) is 0.0372. The van der Waals surface area contributed by atoms with E-state index in [2.05, 4.69) is 4.57 Å². The van der Waals surface area contributed by atoms with Crippen LogP contribution in [0.2, 0.25) is 0 Å². The van der Waals surface area contributed by atoms with Crippen LogP contribution in [-0.4, -0.2) is 11.9 Å². The van der Waals surface area contributed by atoms with Crippen LogP contribution < -0.4 is 26.4 Å². The standard InChI is InChI=1S/C24BF20.C19H16NO/c26-5-1(6(27)14(35)21(42)13(5)34)25(2-7(28)15(36)22(43)16(37)8(2)29,3-9(30)17(38)23(44)18(39)10(3)31)4-11(32)19(40)24(45)20(41)12(4)33;21-19(17-7-3-1-4-8-17)18-11-9-16(10-12-18)15-20-13-5-2-6-14-20/h;1-14H,15H2/q-1;+1. The van der Waals surface area contributed by atoms with Crippen molar-refractivity contribution in [2.24, 2.45) is 0 Å². The van der Waals surface area contributed by atoms with Crippen molar-refractivity contribution in [2.75, 3.05) is 0 Å². The lowest BCUT2D eigenvalue weighted by Gasteiger charge is -2.44. The van der Waals surface area contributed by atoms with E-state index in [1.807, 2.05) is 85.2 Å². The van der Waals surface area contributed by atoms with Gasteiger partial charge in [-0.1, -0.05) is 60.7 Å². The molecule has 0 fully saturated rings. The molecule has 0 atom stereocenters. The molecule has 0 amide bonds. The average molecular weight is 953 g/mol. The molecule has 1 heterocycles. The Morgan fingerprint density at radius 1 is 0.318 bits per heavy atom. The number of nitrogens with zero attached hydrogens (tertiary/aromatic N) is 1. The number of carbonyl (C=O) groups is 1. The summed E-state index contributed by atoms with van der Waals surface area (Å²) in [5.41, 5.74) is -11.7. The smallest absolute Gasteiger partial charge is 0.200 e. The molecule has 6 aromatic carbocycles. The molecule has 66 heavy (non-hydrogen) atoms. The highest BCUT2D eigenvalue weighted by Crippen LogP contribution is 2.31. The molecule has 0 bridgehead atoms. The van der Waals surface area contributed by atoms with Gasteiger partial charge in [-0.15, -0.1) is 21.9 Å². The normalized spacial score (nSPS) is 11.5. The van der Waals surface area contributed by atoms with Gasteiger partial charge in [0.25, 0.3) is 0 Å². The van der Waals surface area contributed by atoms with Crippen molar-refractivity contribution >= 4 is 33.8 Å². The van der Waals surface area contributed by atoms with Crippen LogP contribution in [0.15, 0.2) is 85.2 Å². The lowest BCUT2D eigenvalue weighted by Crippen LogP contribution is -2.81. The van der Waals surface area contributed by atoms with E-state index in [-0.39, 0.29) is 5.78 Å². The first-order chi connectivity index (χ1) is 31.0. The Kier molecular flexibility index (Phi) is 13.4. The minimum absolute atomic E-state index is 0.0644. The maximum absolute atomic E-state index is 15.4. The molecule has 0 unspecified atom stereocenters. The molecule has 0 aliphatic carbocycles. The zero-order chi connectivity index (χ0) is 48.8. The summed E-state index contributed by atoms with van der Waals surface area (Å²) in [6.07, 6.45) is -3.16. The molecule has 7 aromatic rings. The Morgan fingerprint density at radius 3 is 0.848 bits per heavy atom. The van der Waals surface area contributed by atoms with E-state index < -0.39 is 144 Å². The van der Waals surface area contributed by atoms with Gasteiger partial charge in [-0.25, -0.2) is 92.4 Å². The topological polar surface area (TPSA) is 20.9 Å². The van der Waals surface area contributed by atoms with Crippen molar-refractivity contribution in [3.05, 3.63) is 218 Å². The number of aromatic nitrogens is 1. The number of hydrogen-bond acceptors (Lipinski definition) is 1. The van der Waals surface area contributed by atoms with E-state index in [1.54, 1.807) is 0 Å². The Labute approximate surface area is 355 Å². The fourth-order valence-corrected chi connectivity index (χ4v) is 7.14. The molecule has 342 valence electrons. The first kappa shape index (κ1) is 48.3. The van der Waals surface area contributed by atoms with E-state index in [4.69, 9.17) is 0 Å². The van der Waals surface area contributed by atoms with Crippen molar-refractivity contribution in [3.63, 3.8) is 0 Å². The first-order valence-electron chi connectivity index (χ1n) is 17.9. The highest BCUT2D eigenvalue weighted by molar-refractivity contribution is 7.20. The Morgan fingerprint density at radius 2 is 0.561 bits per heavy atom. The molecular formula is C43H16BF20NO. The molecule has 0 spiro atoms. The monoisotopic (exact) mass is 953 g/mol. The summed E-state index contributed by atoms with van der Waals surface area (Å²) in [4.78, 5) is 12.3. The number of ketones is 1. The van der Waals surface area contributed by atoms with Crippen LogP contribution in [0.1, 0.15) is 21.5 Å². The zero-order valence-electron chi connectivity index (χ0n) is 31.8. The lowest BCUT2D eigenvalue weighted by atomic mass is 9.12. The molecule has 2 nitrogen and oxygen atoms in total. The number of rotatable bonds is 8. The van der Waals surface area contributed by atoms with Gasteiger partial charge >= 0.3 is 0 Å². The maximum atomic E-state index is 15.4. The highest BCUT2D eigenvalue weighted by Gasteiger charge is 2.52. The zero-order valence-corrected chi connectivity index (χ0v) is 31.8. The second-order valence-corrected chi connectivity index (χ2v) is 13.7. The maximum Gasteiger partial charge on any atom is 0.200 e. The predicted molar refractivity (Wildman–Crippen MR) is 191 cm³/mol. The van der Waals surface area contributed by atoms with E-state index in [0.29, 0.717) is 0 Å². The molecule has 7 rings (SSSR count). The third kappa shape index (κ3) is 7.78. The van der Waals surface area contributed by atoms with Crippen molar-refractivity contribution in [3.8, 4) is 0 Å². The van der Waals surface area contributed by atoms with E-state index in [0.717, 1.165) is 17.7 Å². The largest absolute Gasteiger partial charge is 0.289 e.